The molecule has 0 aliphatic heterocycles. The van der Waals surface area contributed by atoms with E-state index >= 15 is 0 Å². The van der Waals surface area contributed by atoms with Gasteiger partial charge in [0, 0.05) is 18.5 Å². The van der Waals surface area contributed by atoms with E-state index in [1.165, 1.54) is 31.5 Å². The molecule has 0 bridgehead atoms. The number of hydrazone groups is 1. The predicted octanol–water partition coefficient (Wildman–Crippen LogP) is 2.67. The lowest BCUT2D eigenvalue weighted by Gasteiger charge is -2.11. The number of hydrogen-bond acceptors (Lipinski definition) is 5. The van der Waals surface area contributed by atoms with Crippen LogP contribution in [0.1, 0.15) is 22.3 Å². The minimum Gasteiger partial charge on any atom is -0.493 e. The van der Waals surface area contributed by atoms with Crippen molar-refractivity contribution in [2.45, 2.75) is 6.42 Å². The van der Waals surface area contributed by atoms with Crippen LogP contribution in [-0.4, -0.2) is 38.3 Å². The number of nitrogens with zero attached hydrogens (tertiary/aromatic N) is 1. The molecule has 0 unspecified atom stereocenters. The highest BCUT2D eigenvalue weighted by Crippen LogP contribution is 2.29. The molecule has 0 aliphatic rings. The first-order valence-electron chi connectivity index (χ1n) is 8.82. The average molecular weight is 399 g/mol. The molecule has 0 radical (unpaired) electrons. The van der Waals surface area contributed by atoms with Crippen LogP contribution in [0.25, 0.3) is 0 Å². The summed E-state index contributed by atoms with van der Waals surface area (Å²) in [6.45, 7) is 3.93. The molecule has 152 valence electrons. The molecule has 2 N–H and O–H groups in total. The molecular weight excluding hydrogens is 377 g/mol. The lowest BCUT2D eigenvalue weighted by molar-refractivity contribution is -0.120. The van der Waals surface area contributed by atoms with E-state index in [1.54, 1.807) is 30.3 Å². The summed E-state index contributed by atoms with van der Waals surface area (Å²) in [5, 5.41) is 6.39. The summed E-state index contributed by atoms with van der Waals surface area (Å²) in [5.41, 5.74) is 2.90. The minimum atomic E-state index is -0.619. The molecule has 0 saturated carbocycles. The molecule has 0 aliphatic carbocycles. The average Bonchev–Trinajstić information content (AvgIpc) is 2.72. The normalized spacial score (nSPS) is 10.4. The van der Waals surface area contributed by atoms with Gasteiger partial charge in [0.25, 0.3) is 5.91 Å². The Morgan fingerprint density at radius 2 is 2.00 bits per heavy atom. The van der Waals surface area contributed by atoms with Crippen LogP contribution in [0.4, 0.5) is 4.39 Å². The molecule has 0 fully saturated rings. The third-order valence-electron chi connectivity index (χ3n) is 3.72. The zero-order valence-corrected chi connectivity index (χ0v) is 16.0. The number of amides is 2. The van der Waals surface area contributed by atoms with Crippen molar-refractivity contribution in [1.29, 1.82) is 0 Å². The van der Waals surface area contributed by atoms with Crippen molar-refractivity contribution in [3.05, 3.63) is 72.1 Å². The Labute approximate surface area is 168 Å². The summed E-state index contributed by atoms with van der Waals surface area (Å²) < 4.78 is 24.4. The van der Waals surface area contributed by atoms with Crippen molar-refractivity contribution < 1.29 is 23.5 Å². The van der Waals surface area contributed by atoms with Gasteiger partial charge in [0.05, 0.1) is 18.9 Å². The van der Waals surface area contributed by atoms with Gasteiger partial charge in [0.2, 0.25) is 5.91 Å². The second-order valence-corrected chi connectivity index (χ2v) is 5.76. The standard InChI is InChI=1S/C21H22FN3O4/c1-3-13-29-20-15(7-6-10-18(20)28-2)14-24-25-19(26)11-12-23-21(27)16-8-4-5-9-17(16)22/h3-10,14H,1,11-13H2,2H3,(H,23,27)(H,25,26). The molecular formula is C21H22FN3O4. The van der Waals surface area contributed by atoms with E-state index in [2.05, 4.69) is 22.4 Å². The van der Waals surface area contributed by atoms with Gasteiger partial charge in [-0.25, -0.2) is 9.82 Å². The van der Waals surface area contributed by atoms with Crippen LogP contribution in [0, 0.1) is 5.82 Å². The van der Waals surface area contributed by atoms with Gasteiger partial charge in [0.15, 0.2) is 11.5 Å². The van der Waals surface area contributed by atoms with Gasteiger partial charge in [-0.1, -0.05) is 30.9 Å². The van der Waals surface area contributed by atoms with Crippen molar-refractivity contribution in [3.63, 3.8) is 0 Å². The molecule has 7 nitrogen and oxygen atoms in total. The number of halogens is 1. The number of carbonyl (C=O) groups excluding carboxylic acids is 2. The summed E-state index contributed by atoms with van der Waals surface area (Å²) >= 11 is 0. The fraction of sp³-hybridized carbons (Fsp3) is 0.190. The van der Waals surface area contributed by atoms with E-state index in [1.807, 2.05) is 0 Å². The number of hydrogen-bond donors (Lipinski definition) is 2. The first-order valence-corrected chi connectivity index (χ1v) is 8.82. The maximum Gasteiger partial charge on any atom is 0.254 e. The maximum atomic E-state index is 13.5. The van der Waals surface area contributed by atoms with Gasteiger partial charge in [-0.15, -0.1) is 0 Å². The minimum absolute atomic E-state index is 0.0184. The number of carbonyl (C=O) groups is 2. The Hall–Kier alpha value is -3.68. The summed E-state index contributed by atoms with van der Waals surface area (Å²) in [6.07, 6.45) is 3.01. The van der Waals surface area contributed by atoms with Gasteiger partial charge in [-0.05, 0) is 24.3 Å². The highest BCUT2D eigenvalue weighted by molar-refractivity contribution is 5.94. The summed E-state index contributed by atoms with van der Waals surface area (Å²) in [4.78, 5) is 23.8. The second kappa shape index (κ2) is 11.2. The van der Waals surface area contributed by atoms with Crippen LogP contribution in [0.2, 0.25) is 0 Å². The molecule has 0 aromatic heterocycles. The fourth-order valence-corrected chi connectivity index (χ4v) is 2.35. The SMILES string of the molecule is C=CCOc1c(C=NNC(=O)CCNC(=O)c2ccccc2F)cccc1OC. The number of methoxy groups -OCH3 is 1. The molecule has 0 atom stereocenters. The number of ether oxygens (including phenoxy) is 2. The van der Waals surface area contributed by atoms with Gasteiger partial charge >= 0.3 is 0 Å². The van der Waals surface area contributed by atoms with E-state index in [9.17, 15) is 14.0 Å². The smallest absolute Gasteiger partial charge is 0.254 e. The summed E-state index contributed by atoms with van der Waals surface area (Å²) in [5.74, 6) is -0.610. The molecule has 2 aromatic rings. The third kappa shape index (κ3) is 6.46. The van der Waals surface area contributed by atoms with Gasteiger partial charge in [0.1, 0.15) is 12.4 Å². The Bertz CT molecular complexity index is 899. The maximum absolute atomic E-state index is 13.5. The van der Waals surface area contributed by atoms with Crippen LogP contribution in [-0.2, 0) is 4.79 Å². The van der Waals surface area contributed by atoms with Crippen molar-refractivity contribution in [3.8, 4) is 11.5 Å². The highest BCUT2D eigenvalue weighted by Gasteiger charge is 2.11. The van der Waals surface area contributed by atoms with Crippen LogP contribution in [0.15, 0.2) is 60.2 Å². The fourth-order valence-electron chi connectivity index (χ4n) is 2.35. The van der Waals surface area contributed by atoms with E-state index in [0.29, 0.717) is 17.1 Å². The van der Waals surface area contributed by atoms with E-state index < -0.39 is 17.6 Å². The van der Waals surface area contributed by atoms with Crippen molar-refractivity contribution >= 4 is 18.0 Å². The monoisotopic (exact) mass is 399 g/mol. The number of rotatable bonds is 10. The van der Waals surface area contributed by atoms with Crippen molar-refractivity contribution in [1.82, 2.24) is 10.7 Å². The first kappa shape index (κ1) is 21.6. The molecule has 2 amide bonds. The second-order valence-electron chi connectivity index (χ2n) is 5.76. The zero-order valence-electron chi connectivity index (χ0n) is 16.0. The lowest BCUT2D eigenvalue weighted by atomic mass is 10.2. The Balaban J connectivity index is 1.86. The summed E-state index contributed by atoms with van der Waals surface area (Å²) in [6, 6.07) is 10.9. The van der Waals surface area contributed by atoms with Gasteiger partial charge < -0.3 is 14.8 Å². The molecule has 29 heavy (non-hydrogen) atoms. The highest BCUT2D eigenvalue weighted by atomic mass is 19.1. The van der Waals surface area contributed by atoms with Crippen molar-refractivity contribution in [2.75, 3.05) is 20.3 Å². The van der Waals surface area contributed by atoms with E-state index in [0.717, 1.165) is 0 Å². The lowest BCUT2D eigenvalue weighted by Crippen LogP contribution is -2.29. The summed E-state index contributed by atoms with van der Waals surface area (Å²) in [7, 11) is 1.52. The van der Waals surface area contributed by atoms with Crippen LogP contribution in [0.3, 0.4) is 0 Å². The Kier molecular flexibility index (Phi) is 8.37. The molecule has 8 heteroatoms. The van der Waals surface area contributed by atoms with Crippen molar-refractivity contribution in [2.24, 2.45) is 5.10 Å². The van der Waals surface area contributed by atoms with Crippen LogP contribution < -0.4 is 20.2 Å². The molecule has 0 spiro atoms. The van der Waals surface area contributed by atoms with Crippen LogP contribution >= 0.6 is 0 Å². The largest absolute Gasteiger partial charge is 0.493 e. The van der Waals surface area contributed by atoms with E-state index in [4.69, 9.17) is 9.47 Å². The third-order valence-corrected chi connectivity index (χ3v) is 3.72. The predicted molar refractivity (Wildman–Crippen MR) is 108 cm³/mol. The quantitative estimate of drug-likeness (QED) is 0.365. The zero-order chi connectivity index (χ0) is 21.1. The van der Waals surface area contributed by atoms with Crippen LogP contribution in [0.5, 0.6) is 11.5 Å². The Morgan fingerprint density at radius 1 is 1.21 bits per heavy atom. The van der Waals surface area contributed by atoms with Gasteiger partial charge in [-0.2, -0.15) is 5.10 Å². The molecule has 2 aromatic carbocycles. The number of nitrogens with one attached hydrogen (secondary N) is 2. The topological polar surface area (TPSA) is 89.0 Å². The number of para-hydroxylation sites is 1. The molecule has 0 saturated heterocycles. The Morgan fingerprint density at radius 3 is 2.72 bits per heavy atom. The molecule has 0 heterocycles. The first-order chi connectivity index (χ1) is 14.1. The van der Waals surface area contributed by atoms with E-state index in [-0.39, 0.29) is 25.1 Å². The molecule has 2 rings (SSSR count). The van der Waals surface area contributed by atoms with Gasteiger partial charge in [-0.3, -0.25) is 9.59 Å². The number of benzene rings is 2.